The fraction of sp³-hybridized carbons (Fsp3) is 0.200. The Morgan fingerprint density at radius 3 is 2.65 bits per heavy atom. The highest BCUT2D eigenvalue weighted by atomic mass is 32.1. The van der Waals surface area contributed by atoms with Gasteiger partial charge in [0, 0.05) is 10.6 Å². The number of carbonyl (C=O) groups is 2. The summed E-state index contributed by atoms with van der Waals surface area (Å²) in [5, 5.41) is 13.8. The number of hydrogen-bond acceptors (Lipinski definition) is 3. The summed E-state index contributed by atoms with van der Waals surface area (Å²) in [7, 11) is 0. The maximum Gasteiger partial charge on any atom is 0.336 e. The first-order valence-corrected chi connectivity index (χ1v) is 7.05. The van der Waals surface area contributed by atoms with Crippen molar-refractivity contribution >= 4 is 28.9 Å². The summed E-state index contributed by atoms with van der Waals surface area (Å²) in [4.78, 5) is 24.2. The number of aryl methyl sites for hydroxylation is 1. The summed E-state index contributed by atoms with van der Waals surface area (Å²) in [6.07, 6.45) is 0. The minimum Gasteiger partial charge on any atom is -0.478 e. The molecule has 5 heteroatoms. The third-order valence-electron chi connectivity index (χ3n) is 3.10. The van der Waals surface area contributed by atoms with Crippen LogP contribution in [0.25, 0.3) is 0 Å². The second kappa shape index (κ2) is 5.88. The second-order valence-electron chi connectivity index (χ2n) is 4.56. The number of benzene rings is 1. The Morgan fingerprint density at radius 1 is 1.30 bits per heavy atom. The van der Waals surface area contributed by atoms with E-state index in [9.17, 15) is 9.59 Å². The highest BCUT2D eigenvalue weighted by molar-refractivity contribution is 7.10. The quantitative estimate of drug-likeness (QED) is 0.905. The van der Waals surface area contributed by atoms with Gasteiger partial charge in [-0.1, -0.05) is 12.1 Å². The van der Waals surface area contributed by atoms with Crippen LogP contribution >= 0.6 is 11.3 Å². The average Bonchev–Trinajstić information content (AvgIpc) is 2.93. The van der Waals surface area contributed by atoms with E-state index in [0.717, 1.165) is 4.88 Å². The average molecular weight is 289 g/mol. The molecule has 1 unspecified atom stereocenters. The molecule has 0 saturated carbocycles. The van der Waals surface area contributed by atoms with Gasteiger partial charge in [0.15, 0.2) is 0 Å². The van der Waals surface area contributed by atoms with Crippen LogP contribution in [0.2, 0.25) is 0 Å². The van der Waals surface area contributed by atoms with Crippen molar-refractivity contribution in [1.29, 1.82) is 0 Å². The van der Waals surface area contributed by atoms with Gasteiger partial charge in [-0.25, -0.2) is 4.79 Å². The third kappa shape index (κ3) is 3.05. The predicted molar refractivity (Wildman–Crippen MR) is 79.5 cm³/mol. The molecule has 2 aromatic rings. The lowest BCUT2D eigenvalue weighted by molar-refractivity contribution is -0.117. The summed E-state index contributed by atoms with van der Waals surface area (Å²) in [5.41, 5.74) is 1.37. The monoisotopic (exact) mass is 289 g/mol. The van der Waals surface area contributed by atoms with Crippen LogP contribution in [0.1, 0.15) is 33.6 Å². The smallest absolute Gasteiger partial charge is 0.336 e. The molecule has 4 nitrogen and oxygen atoms in total. The normalized spacial score (nSPS) is 11.9. The lowest BCUT2D eigenvalue weighted by Crippen LogP contribution is -2.18. The Balaban J connectivity index is 2.16. The van der Waals surface area contributed by atoms with Gasteiger partial charge in [0.1, 0.15) is 0 Å². The van der Waals surface area contributed by atoms with Crippen LogP contribution in [0, 0.1) is 6.92 Å². The molecule has 0 bridgehead atoms. The van der Waals surface area contributed by atoms with Crippen molar-refractivity contribution in [1.82, 2.24) is 0 Å². The van der Waals surface area contributed by atoms with Crippen LogP contribution in [-0.4, -0.2) is 17.0 Å². The van der Waals surface area contributed by atoms with E-state index in [0.29, 0.717) is 11.3 Å². The van der Waals surface area contributed by atoms with E-state index < -0.39 is 5.97 Å². The minimum absolute atomic E-state index is 0.146. The van der Waals surface area contributed by atoms with E-state index in [1.807, 2.05) is 24.4 Å². The predicted octanol–water partition coefficient (Wildman–Crippen LogP) is 3.50. The molecule has 2 rings (SSSR count). The fourth-order valence-corrected chi connectivity index (χ4v) is 2.63. The van der Waals surface area contributed by atoms with Crippen molar-refractivity contribution in [2.45, 2.75) is 19.8 Å². The van der Waals surface area contributed by atoms with E-state index in [1.54, 1.807) is 19.1 Å². The first-order chi connectivity index (χ1) is 9.49. The first-order valence-electron chi connectivity index (χ1n) is 6.17. The van der Waals surface area contributed by atoms with Crippen molar-refractivity contribution in [2.24, 2.45) is 0 Å². The molecule has 0 aliphatic carbocycles. The number of thiophene rings is 1. The topological polar surface area (TPSA) is 66.4 Å². The number of carbonyl (C=O) groups excluding carboxylic acids is 1. The number of carboxylic acids is 1. The number of amides is 1. The molecule has 0 aliphatic rings. The Labute approximate surface area is 121 Å². The van der Waals surface area contributed by atoms with E-state index >= 15 is 0 Å². The summed E-state index contributed by atoms with van der Waals surface area (Å²) in [6, 6.07) is 8.69. The van der Waals surface area contributed by atoms with Crippen LogP contribution in [0.3, 0.4) is 0 Å². The Kier molecular flexibility index (Phi) is 4.20. The van der Waals surface area contributed by atoms with E-state index in [2.05, 4.69) is 5.32 Å². The van der Waals surface area contributed by atoms with Gasteiger partial charge in [-0.05, 0) is 43.0 Å². The summed E-state index contributed by atoms with van der Waals surface area (Å²) >= 11 is 1.53. The molecule has 1 aromatic carbocycles. The lowest BCUT2D eigenvalue weighted by atomic mass is 10.1. The second-order valence-corrected chi connectivity index (χ2v) is 5.54. The van der Waals surface area contributed by atoms with Gasteiger partial charge in [0.2, 0.25) is 5.91 Å². The maximum absolute atomic E-state index is 12.1. The molecule has 20 heavy (non-hydrogen) atoms. The van der Waals surface area contributed by atoms with E-state index in [4.69, 9.17) is 5.11 Å². The highest BCUT2D eigenvalue weighted by Crippen LogP contribution is 2.23. The van der Waals surface area contributed by atoms with Gasteiger partial charge in [-0.3, -0.25) is 4.79 Å². The van der Waals surface area contributed by atoms with Gasteiger partial charge < -0.3 is 10.4 Å². The zero-order valence-electron chi connectivity index (χ0n) is 11.2. The number of aromatic carboxylic acids is 1. The number of rotatable bonds is 4. The van der Waals surface area contributed by atoms with Crippen LogP contribution in [0.15, 0.2) is 35.7 Å². The number of nitrogens with one attached hydrogen (secondary N) is 1. The van der Waals surface area contributed by atoms with Crippen molar-refractivity contribution in [3.8, 4) is 0 Å². The molecule has 0 spiro atoms. The van der Waals surface area contributed by atoms with Crippen LogP contribution in [0.4, 0.5) is 5.69 Å². The molecule has 0 saturated heterocycles. The Bertz CT molecular complexity index is 635. The SMILES string of the molecule is Cc1ccc(NC(=O)C(C)c2cccs2)cc1C(=O)O. The largest absolute Gasteiger partial charge is 0.478 e. The molecule has 2 N–H and O–H groups in total. The molecule has 0 fully saturated rings. The third-order valence-corrected chi connectivity index (χ3v) is 4.15. The zero-order valence-corrected chi connectivity index (χ0v) is 12.0. The van der Waals surface area contributed by atoms with Crippen LogP contribution < -0.4 is 5.32 Å². The highest BCUT2D eigenvalue weighted by Gasteiger charge is 2.17. The van der Waals surface area contributed by atoms with Crippen LogP contribution in [0.5, 0.6) is 0 Å². The van der Waals surface area contributed by atoms with Crippen molar-refractivity contribution in [3.63, 3.8) is 0 Å². The zero-order chi connectivity index (χ0) is 14.7. The Morgan fingerprint density at radius 2 is 2.05 bits per heavy atom. The van der Waals surface area contributed by atoms with Crippen molar-refractivity contribution < 1.29 is 14.7 Å². The lowest BCUT2D eigenvalue weighted by Gasteiger charge is -2.12. The summed E-state index contributed by atoms with van der Waals surface area (Å²) in [6.45, 7) is 3.55. The van der Waals surface area contributed by atoms with Gasteiger partial charge in [-0.2, -0.15) is 0 Å². The van der Waals surface area contributed by atoms with Gasteiger partial charge in [-0.15, -0.1) is 11.3 Å². The summed E-state index contributed by atoms with van der Waals surface area (Å²) < 4.78 is 0. The molecule has 1 heterocycles. The molecular formula is C15H15NO3S. The fourth-order valence-electron chi connectivity index (χ4n) is 1.85. The van der Waals surface area contributed by atoms with Gasteiger partial charge in [0.05, 0.1) is 11.5 Å². The Hall–Kier alpha value is -2.14. The molecule has 1 atom stereocenters. The van der Waals surface area contributed by atoms with E-state index in [1.165, 1.54) is 17.4 Å². The van der Waals surface area contributed by atoms with Crippen molar-refractivity contribution in [2.75, 3.05) is 5.32 Å². The van der Waals surface area contributed by atoms with Crippen molar-refractivity contribution in [3.05, 3.63) is 51.7 Å². The molecule has 0 radical (unpaired) electrons. The molecule has 1 amide bonds. The number of carboxylic acid groups (broad SMARTS) is 1. The molecular weight excluding hydrogens is 274 g/mol. The minimum atomic E-state index is -0.995. The maximum atomic E-state index is 12.1. The summed E-state index contributed by atoms with van der Waals surface area (Å²) in [5.74, 6) is -1.40. The molecule has 1 aromatic heterocycles. The first kappa shape index (κ1) is 14.3. The molecule has 104 valence electrons. The van der Waals surface area contributed by atoms with E-state index in [-0.39, 0.29) is 17.4 Å². The number of anilines is 1. The standard InChI is InChI=1S/C15H15NO3S/c1-9-5-6-11(8-12(9)15(18)19)16-14(17)10(2)13-4-3-7-20-13/h3-8,10H,1-2H3,(H,16,17)(H,18,19). The molecule has 0 aliphatic heterocycles. The number of hydrogen-bond donors (Lipinski definition) is 2. The van der Waals surface area contributed by atoms with Gasteiger partial charge in [0.25, 0.3) is 0 Å². The van der Waals surface area contributed by atoms with Crippen LogP contribution in [-0.2, 0) is 4.79 Å². The van der Waals surface area contributed by atoms with Gasteiger partial charge >= 0.3 is 5.97 Å².